The van der Waals surface area contributed by atoms with Gasteiger partial charge < -0.3 is 19.5 Å². The molecule has 2 aromatic carbocycles. The number of nitrogens with zero attached hydrogens (tertiary/aromatic N) is 1. The first-order chi connectivity index (χ1) is 13.9. The first-order valence-electron chi connectivity index (χ1n) is 8.66. The summed E-state index contributed by atoms with van der Waals surface area (Å²) in [5, 5.41) is 3.08. The standard InChI is InChI=1S/C20H18F2N2O4S/c1-3-27-15-7-5-4-6-14(15)24-18(25)13(23-20(24)29)10-12-8-9-16(28-19(21)22)17(11-12)26-2/h4-11,19H,3H2,1-2H3,(H,23,29)/b13-10+. The fraction of sp³-hybridized carbons (Fsp3) is 0.200. The van der Waals surface area contributed by atoms with Gasteiger partial charge in [-0.15, -0.1) is 0 Å². The Kier molecular flexibility index (Phi) is 6.28. The first kappa shape index (κ1) is 20.5. The molecule has 1 amide bonds. The molecule has 1 aliphatic heterocycles. The van der Waals surface area contributed by atoms with E-state index in [-0.39, 0.29) is 28.2 Å². The van der Waals surface area contributed by atoms with Gasteiger partial charge in [-0.3, -0.25) is 4.79 Å². The van der Waals surface area contributed by atoms with Crippen molar-refractivity contribution in [1.82, 2.24) is 5.32 Å². The lowest BCUT2D eigenvalue weighted by molar-refractivity contribution is -0.113. The Bertz CT molecular complexity index is 965. The number of anilines is 1. The molecule has 0 bridgehead atoms. The van der Waals surface area contributed by atoms with E-state index in [1.807, 2.05) is 6.92 Å². The molecular weight excluding hydrogens is 402 g/mol. The second-order valence-electron chi connectivity index (χ2n) is 5.82. The smallest absolute Gasteiger partial charge is 0.387 e. The monoisotopic (exact) mass is 420 g/mol. The highest BCUT2D eigenvalue weighted by Crippen LogP contribution is 2.33. The average Bonchev–Trinajstić information content (AvgIpc) is 2.96. The van der Waals surface area contributed by atoms with Crippen LogP contribution in [0.4, 0.5) is 14.5 Å². The Labute approximate surface area is 171 Å². The SMILES string of the molecule is CCOc1ccccc1N1C(=O)/C(=C\c2ccc(OC(F)F)c(OC)c2)NC1=S. The Morgan fingerprint density at radius 2 is 1.93 bits per heavy atom. The molecule has 0 unspecified atom stereocenters. The second kappa shape index (κ2) is 8.87. The highest BCUT2D eigenvalue weighted by atomic mass is 32.1. The van der Waals surface area contributed by atoms with E-state index in [0.717, 1.165) is 0 Å². The lowest BCUT2D eigenvalue weighted by Crippen LogP contribution is -2.30. The summed E-state index contributed by atoms with van der Waals surface area (Å²) in [4.78, 5) is 14.3. The number of carbonyl (C=O) groups is 1. The van der Waals surface area contributed by atoms with Crippen LogP contribution >= 0.6 is 12.2 Å². The van der Waals surface area contributed by atoms with Crippen molar-refractivity contribution < 1.29 is 27.8 Å². The van der Waals surface area contributed by atoms with E-state index in [2.05, 4.69) is 10.1 Å². The van der Waals surface area contributed by atoms with Gasteiger partial charge in [-0.1, -0.05) is 18.2 Å². The molecular formula is C20H18F2N2O4S. The van der Waals surface area contributed by atoms with E-state index in [1.165, 1.54) is 30.2 Å². The molecule has 3 rings (SSSR count). The van der Waals surface area contributed by atoms with E-state index in [0.29, 0.717) is 23.6 Å². The number of alkyl halides is 2. The van der Waals surface area contributed by atoms with Crippen molar-refractivity contribution in [2.75, 3.05) is 18.6 Å². The van der Waals surface area contributed by atoms with Gasteiger partial charge in [0.1, 0.15) is 11.4 Å². The van der Waals surface area contributed by atoms with Crippen molar-refractivity contribution in [2.24, 2.45) is 0 Å². The molecule has 0 aliphatic carbocycles. The predicted octanol–water partition coefficient (Wildman–Crippen LogP) is 3.96. The highest BCUT2D eigenvalue weighted by Gasteiger charge is 2.33. The van der Waals surface area contributed by atoms with Gasteiger partial charge in [0.15, 0.2) is 16.6 Å². The molecule has 0 atom stereocenters. The normalized spacial score (nSPS) is 15.1. The van der Waals surface area contributed by atoms with Gasteiger partial charge in [-0.25, -0.2) is 4.90 Å². The summed E-state index contributed by atoms with van der Waals surface area (Å²) >= 11 is 5.32. The van der Waals surface area contributed by atoms with Crippen molar-refractivity contribution in [3.63, 3.8) is 0 Å². The van der Waals surface area contributed by atoms with Crippen LogP contribution in [0.3, 0.4) is 0 Å². The summed E-state index contributed by atoms with van der Waals surface area (Å²) in [6, 6.07) is 11.4. The number of methoxy groups -OCH3 is 1. The zero-order chi connectivity index (χ0) is 21.0. The fourth-order valence-corrected chi connectivity index (χ4v) is 3.10. The largest absolute Gasteiger partial charge is 0.493 e. The summed E-state index contributed by atoms with van der Waals surface area (Å²) in [6.45, 7) is -0.684. The van der Waals surface area contributed by atoms with Crippen molar-refractivity contribution >= 4 is 35.0 Å². The molecule has 1 heterocycles. The van der Waals surface area contributed by atoms with Gasteiger partial charge in [0, 0.05) is 0 Å². The molecule has 9 heteroatoms. The maximum atomic E-state index is 12.9. The number of amides is 1. The second-order valence-corrected chi connectivity index (χ2v) is 6.20. The van der Waals surface area contributed by atoms with Gasteiger partial charge in [-0.2, -0.15) is 8.78 Å². The highest BCUT2D eigenvalue weighted by molar-refractivity contribution is 7.80. The number of nitrogens with one attached hydrogen (secondary N) is 1. The van der Waals surface area contributed by atoms with E-state index < -0.39 is 6.61 Å². The number of hydrogen-bond donors (Lipinski definition) is 1. The molecule has 0 aromatic heterocycles. The molecule has 1 saturated heterocycles. The van der Waals surface area contributed by atoms with Crippen LogP contribution in [0.15, 0.2) is 48.2 Å². The van der Waals surface area contributed by atoms with Gasteiger partial charge in [0.25, 0.3) is 5.91 Å². The fourth-order valence-electron chi connectivity index (χ4n) is 2.81. The minimum Gasteiger partial charge on any atom is -0.493 e. The van der Waals surface area contributed by atoms with E-state index in [9.17, 15) is 13.6 Å². The van der Waals surface area contributed by atoms with Crippen molar-refractivity contribution in [3.05, 3.63) is 53.7 Å². The predicted molar refractivity (Wildman–Crippen MR) is 108 cm³/mol. The lowest BCUT2D eigenvalue weighted by Gasteiger charge is -2.17. The van der Waals surface area contributed by atoms with Crippen LogP contribution in [0.25, 0.3) is 6.08 Å². The summed E-state index contributed by atoms with van der Waals surface area (Å²) in [5.74, 6) is 0.183. The summed E-state index contributed by atoms with van der Waals surface area (Å²) in [7, 11) is 1.34. The van der Waals surface area contributed by atoms with Gasteiger partial charge in [-0.05, 0) is 55.0 Å². The van der Waals surface area contributed by atoms with E-state index >= 15 is 0 Å². The molecule has 152 valence electrons. The van der Waals surface area contributed by atoms with Gasteiger partial charge in [0.05, 0.1) is 19.4 Å². The van der Waals surface area contributed by atoms with E-state index in [4.69, 9.17) is 21.7 Å². The number of rotatable bonds is 7. The number of ether oxygens (including phenoxy) is 3. The van der Waals surface area contributed by atoms with Crippen LogP contribution in [-0.2, 0) is 4.79 Å². The van der Waals surface area contributed by atoms with Gasteiger partial charge in [0.2, 0.25) is 0 Å². The Morgan fingerprint density at radius 3 is 2.62 bits per heavy atom. The number of halogens is 2. The molecule has 2 aromatic rings. The number of benzene rings is 2. The molecule has 1 fully saturated rings. The van der Waals surface area contributed by atoms with Crippen LogP contribution in [0, 0.1) is 0 Å². The Morgan fingerprint density at radius 1 is 1.17 bits per heavy atom. The van der Waals surface area contributed by atoms with Crippen molar-refractivity contribution in [1.29, 1.82) is 0 Å². The van der Waals surface area contributed by atoms with Crippen molar-refractivity contribution in [2.45, 2.75) is 13.5 Å². The maximum absolute atomic E-state index is 12.9. The molecule has 1 N–H and O–H groups in total. The topological polar surface area (TPSA) is 60.0 Å². The minimum absolute atomic E-state index is 0.0989. The van der Waals surface area contributed by atoms with Crippen LogP contribution in [0.2, 0.25) is 0 Å². The van der Waals surface area contributed by atoms with E-state index in [1.54, 1.807) is 30.3 Å². The third-order valence-corrected chi connectivity index (χ3v) is 4.28. The average molecular weight is 420 g/mol. The first-order valence-corrected chi connectivity index (χ1v) is 9.07. The van der Waals surface area contributed by atoms with Crippen LogP contribution in [0.5, 0.6) is 17.2 Å². The summed E-state index contributed by atoms with van der Waals surface area (Å²) in [6.07, 6.45) is 1.55. The molecule has 6 nitrogen and oxygen atoms in total. The maximum Gasteiger partial charge on any atom is 0.387 e. The zero-order valence-corrected chi connectivity index (χ0v) is 16.5. The van der Waals surface area contributed by atoms with Crippen LogP contribution in [0.1, 0.15) is 12.5 Å². The van der Waals surface area contributed by atoms with Crippen LogP contribution in [-0.4, -0.2) is 31.3 Å². The van der Waals surface area contributed by atoms with Gasteiger partial charge >= 0.3 is 6.61 Å². The number of hydrogen-bond acceptors (Lipinski definition) is 5. The summed E-state index contributed by atoms with van der Waals surface area (Å²) < 4.78 is 40.0. The number of carbonyl (C=O) groups excluding carboxylic acids is 1. The Hall–Kier alpha value is -3.20. The Balaban J connectivity index is 1.91. The molecule has 0 spiro atoms. The zero-order valence-electron chi connectivity index (χ0n) is 15.6. The van der Waals surface area contributed by atoms with Crippen LogP contribution < -0.4 is 24.4 Å². The third-order valence-electron chi connectivity index (χ3n) is 4.00. The molecule has 29 heavy (non-hydrogen) atoms. The lowest BCUT2D eigenvalue weighted by atomic mass is 10.1. The number of thiocarbonyl (C=S) groups is 1. The van der Waals surface area contributed by atoms with Crippen molar-refractivity contribution in [3.8, 4) is 17.2 Å². The minimum atomic E-state index is -2.97. The number of para-hydroxylation sites is 2. The molecule has 0 saturated carbocycles. The summed E-state index contributed by atoms with van der Waals surface area (Å²) in [5.41, 5.74) is 1.30. The molecule has 1 aliphatic rings. The third kappa shape index (κ3) is 4.45. The quantitative estimate of drug-likeness (QED) is 0.541. The molecule has 0 radical (unpaired) electrons.